The van der Waals surface area contributed by atoms with Gasteiger partial charge in [0.25, 0.3) is 0 Å². The van der Waals surface area contributed by atoms with Crippen molar-refractivity contribution in [2.75, 3.05) is 39.6 Å². The predicted octanol–water partition coefficient (Wildman–Crippen LogP) is 36.4. The van der Waals surface area contributed by atoms with Crippen LogP contribution in [0.3, 0.4) is 0 Å². The Hall–Kier alpha value is -10.8. The third kappa shape index (κ3) is 55.4. The summed E-state index contributed by atoms with van der Waals surface area (Å²) < 4.78 is 48.4. The summed E-state index contributed by atoms with van der Waals surface area (Å²) in [6.45, 7) is 10.8. The third-order valence-electron chi connectivity index (χ3n) is 25.5. The highest BCUT2D eigenvalue weighted by Gasteiger charge is 2.32. The topological polar surface area (TPSA) is 241 Å². The molecule has 0 fully saturated rings. The number of carbonyl (C=O) groups excluding carboxylic acids is 4. The highest BCUT2D eigenvalue weighted by atomic mass is 16.6. The molecule has 0 radical (unpaired) electrons. The van der Waals surface area contributed by atoms with Crippen LogP contribution in [0.4, 0.5) is 45.5 Å². The van der Waals surface area contributed by atoms with Gasteiger partial charge < -0.3 is 37.9 Å². The Labute approximate surface area is 840 Å². The van der Waals surface area contributed by atoms with Crippen LogP contribution in [-0.2, 0) is 63.8 Å². The number of hydrogen-bond acceptors (Lipinski definition) is 20. The number of rotatable bonds is 83. The van der Waals surface area contributed by atoms with Crippen LogP contribution >= 0.6 is 0 Å². The number of esters is 4. The summed E-state index contributed by atoms with van der Waals surface area (Å²) >= 11 is 0. The summed E-state index contributed by atoms with van der Waals surface area (Å²) in [5.41, 5.74) is 11.8. The molecule has 0 aromatic heterocycles. The van der Waals surface area contributed by atoms with Crippen LogP contribution in [0.15, 0.2) is 235 Å². The van der Waals surface area contributed by atoms with Gasteiger partial charge in [0.05, 0.1) is 71.9 Å². The van der Waals surface area contributed by atoms with E-state index in [-0.39, 0.29) is 38.9 Å². The molecule has 0 saturated heterocycles. The molecule has 8 aromatic rings. The molecule has 0 amide bonds. The summed E-state index contributed by atoms with van der Waals surface area (Å²) in [5.74, 6) is 1.41. The SMILES string of the molecule is CCCCCCc1ccc(N=Nc2ccc(OCCCCCCCCCCC(=O)OC[C@H](OC(=O)CCCCCCCCCCOc3ccc(N=Nc4ccc(CCCCCC)cc4)cc3)[C@@H](COC(=O)CCCCCCCCCCOc3ccc(N=Nc4ccc(CCCCCC)cc4)cc3)OC(=O)CCCCCCCCCCOc3ccc(N=Nc4ccc(CCCCCC)cc4)cc3)cc2)cc1. The minimum absolute atomic E-state index is 0.133. The predicted molar refractivity (Wildman–Crippen MR) is 569 cm³/mol. The fourth-order valence-corrected chi connectivity index (χ4v) is 16.7. The van der Waals surface area contributed by atoms with Gasteiger partial charge in [0.2, 0.25) is 0 Å². The number of ether oxygens (including phenoxy) is 8. The van der Waals surface area contributed by atoms with Gasteiger partial charge in [-0.3, -0.25) is 19.2 Å². The van der Waals surface area contributed by atoms with E-state index in [1.165, 1.54) is 125 Å². The van der Waals surface area contributed by atoms with Crippen molar-refractivity contribution in [2.24, 2.45) is 40.9 Å². The zero-order chi connectivity index (χ0) is 98.5. The van der Waals surface area contributed by atoms with Gasteiger partial charge in [-0.05, 0) is 271 Å². The zero-order valence-electron chi connectivity index (χ0n) is 85.9. The maximum atomic E-state index is 14.0. The van der Waals surface area contributed by atoms with Crippen LogP contribution in [0.25, 0.3) is 0 Å². The normalized spacial score (nSPS) is 12.0. The number of unbranched alkanes of at least 4 members (excludes halogenated alkanes) is 40. The molecule has 0 saturated carbocycles. The van der Waals surface area contributed by atoms with E-state index in [0.717, 1.165) is 274 Å². The molecule has 0 aliphatic carbocycles. The van der Waals surface area contributed by atoms with Crippen LogP contribution in [0.2, 0.25) is 0 Å². The smallest absolute Gasteiger partial charge is 0.306 e. The van der Waals surface area contributed by atoms with Gasteiger partial charge in [-0.2, -0.15) is 40.9 Å². The van der Waals surface area contributed by atoms with E-state index in [1.807, 2.05) is 146 Å². The Morgan fingerprint density at radius 3 is 0.550 bits per heavy atom. The highest BCUT2D eigenvalue weighted by Crippen LogP contribution is 2.31. The molecule has 0 unspecified atom stereocenters. The second kappa shape index (κ2) is 76.0. The lowest BCUT2D eigenvalue weighted by molar-refractivity contribution is -0.183. The van der Waals surface area contributed by atoms with Crippen molar-refractivity contribution in [1.29, 1.82) is 0 Å². The fraction of sp³-hybridized carbons (Fsp3) is 0.567. The molecular formula is C120H170N8O12. The Morgan fingerprint density at radius 1 is 0.193 bits per heavy atom. The van der Waals surface area contributed by atoms with Crippen LogP contribution in [0.5, 0.6) is 23.0 Å². The van der Waals surface area contributed by atoms with Gasteiger partial charge in [0, 0.05) is 25.7 Å². The van der Waals surface area contributed by atoms with Crippen molar-refractivity contribution in [3.63, 3.8) is 0 Å². The van der Waals surface area contributed by atoms with Crippen molar-refractivity contribution in [1.82, 2.24) is 0 Å². The molecular weight excluding hydrogens is 1750 g/mol. The lowest BCUT2D eigenvalue weighted by Gasteiger charge is -2.27. The van der Waals surface area contributed by atoms with Crippen LogP contribution in [0.1, 0.15) is 384 Å². The number of carbonyl (C=O) groups is 4. The van der Waals surface area contributed by atoms with Gasteiger partial charge in [0.1, 0.15) is 36.2 Å². The molecule has 8 rings (SSSR count). The summed E-state index contributed by atoms with van der Waals surface area (Å²) in [7, 11) is 0. The first kappa shape index (κ1) is 115. The minimum Gasteiger partial charge on any atom is -0.494 e. The second-order valence-electron chi connectivity index (χ2n) is 37.8. The molecule has 762 valence electrons. The van der Waals surface area contributed by atoms with E-state index < -0.39 is 36.1 Å². The van der Waals surface area contributed by atoms with Gasteiger partial charge in [-0.25, -0.2) is 0 Å². The molecule has 0 bridgehead atoms. The van der Waals surface area contributed by atoms with Crippen molar-refractivity contribution >= 4 is 69.4 Å². The summed E-state index contributed by atoms with van der Waals surface area (Å²) in [4.78, 5) is 55.1. The van der Waals surface area contributed by atoms with E-state index in [2.05, 4.69) is 117 Å². The average Bonchev–Trinajstić information content (AvgIpc) is 0.876. The molecule has 0 heterocycles. The standard InChI is InChI=1S/C120H170N8O12/c1-5-9-13-41-53-99-61-69-103(70-62-99)121-125-107-77-85-111(86-78-107)133-93-49-37-29-21-17-25-33-45-57-117(129)137-97-115(139-119(131)59-47-35-27-19-23-31-39-51-95-135-113-89-81-109(82-90-113)127-123-105-73-65-101(66-74-105)55-43-15-11-7-3)116(140-120(132)60-48-36-28-20-24-32-40-52-96-136-114-91-83-110(84-92-114)128-124-106-75-67-102(68-76-106)56-44-16-12-8-4)98-138-118(130)58-46-34-26-18-22-30-38-50-94-134-112-87-79-108(80-88-112)126-122-104-71-63-100(64-72-104)54-42-14-10-6-2/h61-92,115-116H,5-60,93-98H2,1-4H3/t115-,116+. The molecule has 0 N–H and O–H groups in total. The maximum Gasteiger partial charge on any atom is 0.306 e. The average molecular weight is 1920 g/mol. The van der Waals surface area contributed by atoms with Gasteiger partial charge in [0.15, 0.2) is 12.2 Å². The largest absolute Gasteiger partial charge is 0.494 e. The van der Waals surface area contributed by atoms with E-state index in [4.69, 9.17) is 37.9 Å². The summed E-state index contributed by atoms with van der Waals surface area (Å²) in [6, 6.07) is 64.5. The van der Waals surface area contributed by atoms with E-state index >= 15 is 0 Å². The number of nitrogens with zero attached hydrogens (tertiary/aromatic N) is 8. The van der Waals surface area contributed by atoms with Crippen molar-refractivity contribution in [2.45, 2.75) is 399 Å². The zero-order valence-corrected chi connectivity index (χ0v) is 85.9. The van der Waals surface area contributed by atoms with E-state index in [1.54, 1.807) is 0 Å². The van der Waals surface area contributed by atoms with Gasteiger partial charge >= 0.3 is 23.9 Å². The van der Waals surface area contributed by atoms with E-state index in [9.17, 15) is 19.2 Å². The molecule has 20 nitrogen and oxygen atoms in total. The second-order valence-corrected chi connectivity index (χ2v) is 37.8. The van der Waals surface area contributed by atoms with Crippen molar-refractivity contribution in [3.05, 3.63) is 216 Å². The highest BCUT2D eigenvalue weighted by molar-refractivity contribution is 5.72. The van der Waals surface area contributed by atoms with Gasteiger partial charge in [-0.15, -0.1) is 0 Å². The van der Waals surface area contributed by atoms with Crippen molar-refractivity contribution in [3.8, 4) is 23.0 Å². The number of hydrogen-bond donors (Lipinski definition) is 0. The Bertz CT molecular complexity index is 4330. The van der Waals surface area contributed by atoms with E-state index in [0.29, 0.717) is 52.1 Å². The first-order valence-electron chi connectivity index (χ1n) is 54.6. The molecule has 0 aliphatic heterocycles. The number of azo groups is 4. The van der Waals surface area contributed by atoms with Gasteiger partial charge in [-0.1, -0.05) is 307 Å². The molecule has 0 spiro atoms. The molecule has 140 heavy (non-hydrogen) atoms. The fourth-order valence-electron chi connectivity index (χ4n) is 16.7. The Kier molecular flexibility index (Phi) is 62.2. The molecule has 20 heteroatoms. The first-order valence-corrected chi connectivity index (χ1v) is 54.6. The van der Waals surface area contributed by atoms with Crippen LogP contribution < -0.4 is 18.9 Å². The molecule has 0 aliphatic rings. The maximum absolute atomic E-state index is 14.0. The van der Waals surface area contributed by atoms with Crippen LogP contribution in [-0.4, -0.2) is 75.7 Å². The lowest BCUT2D eigenvalue weighted by atomic mass is 10.1. The quantitative estimate of drug-likeness (QED) is 0.0150. The Morgan fingerprint density at radius 2 is 0.357 bits per heavy atom. The number of benzene rings is 8. The minimum atomic E-state index is -1.19. The molecule has 2 atom stereocenters. The first-order chi connectivity index (χ1) is 69.0. The summed E-state index contributed by atoms with van der Waals surface area (Å²) in [5, 5.41) is 35.5. The third-order valence-corrected chi connectivity index (χ3v) is 25.5. The Balaban J connectivity index is 0.759. The lowest BCUT2D eigenvalue weighted by Crippen LogP contribution is -2.42. The number of aryl methyl sites for hydroxylation is 4. The summed E-state index contributed by atoms with van der Waals surface area (Å²) in [6.07, 6.45) is 53.3. The molecule has 8 aromatic carbocycles. The monoisotopic (exact) mass is 1920 g/mol. The van der Waals surface area contributed by atoms with Crippen molar-refractivity contribution < 1.29 is 57.1 Å². The van der Waals surface area contributed by atoms with Crippen LogP contribution in [0, 0.1) is 0 Å².